The van der Waals surface area contributed by atoms with Gasteiger partial charge in [0, 0.05) is 31.0 Å². The van der Waals surface area contributed by atoms with E-state index >= 15 is 0 Å². The van der Waals surface area contributed by atoms with Gasteiger partial charge in [0.05, 0.1) is 5.56 Å². The van der Waals surface area contributed by atoms with Crippen LogP contribution in [-0.4, -0.2) is 27.5 Å². The number of benzene rings is 1. The molecule has 0 atom stereocenters. The first-order chi connectivity index (χ1) is 10.1. The molecule has 5 heteroatoms. The second-order valence-electron chi connectivity index (χ2n) is 4.77. The summed E-state index contributed by atoms with van der Waals surface area (Å²) in [6, 6.07) is 7.88. The number of halogens is 1. The maximum atomic E-state index is 13.9. The monoisotopic (exact) mass is 288 g/mol. The highest BCUT2D eigenvalue weighted by Crippen LogP contribution is 2.15. The summed E-state index contributed by atoms with van der Waals surface area (Å²) in [4.78, 5) is 16.8. The number of hydrogen-bond acceptors (Lipinski definition) is 3. The largest absolute Gasteiger partial charge is 0.478 e. The van der Waals surface area contributed by atoms with Gasteiger partial charge in [-0.3, -0.25) is 9.88 Å². The van der Waals surface area contributed by atoms with Gasteiger partial charge in [-0.05, 0) is 36.4 Å². The van der Waals surface area contributed by atoms with Crippen LogP contribution in [0.25, 0.3) is 0 Å². The highest BCUT2D eigenvalue weighted by Gasteiger charge is 2.11. The fourth-order valence-corrected chi connectivity index (χ4v) is 2.08. The van der Waals surface area contributed by atoms with E-state index in [9.17, 15) is 9.18 Å². The predicted molar refractivity (Wildman–Crippen MR) is 77.4 cm³/mol. The minimum atomic E-state index is -1.12. The number of hydrogen-bond donors (Lipinski definition) is 1. The first-order valence-electron chi connectivity index (χ1n) is 6.73. The van der Waals surface area contributed by atoms with Crippen LogP contribution in [0, 0.1) is 5.82 Å². The van der Waals surface area contributed by atoms with E-state index in [1.165, 1.54) is 12.1 Å². The Kier molecular flexibility index (Phi) is 5.00. The number of pyridine rings is 1. The summed E-state index contributed by atoms with van der Waals surface area (Å²) in [6.07, 6.45) is 3.46. The molecule has 0 unspecified atom stereocenters. The van der Waals surface area contributed by atoms with Gasteiger partial charge in [-0.2, -0.15) is 0 Å². The third kappa shape index (κ3) is 4.10. The molecule has 21 heavy (non-hydrogen) atoms. The summed E-state index contributed by atoms with van der Waals surface area (Å²) in [6.45, 7) is 3.90. The van der Waals surface area contributed by atoms with Gasteiger partial charge >= 0.3 is 5.97 Å². The van der Waals surface area contributed by atoms with Gasteiger partial charge in [-0.25, -0.2) is 9.18 Å². The van der Waals surface area contributed by atoms with Crippen molar-refractivity contribution in [2.45, 2.75) is 20.0 Å². The van der Waals surface area contributed by atoms with E-state index < -0.39 is 11.8 Å². The number of aromatic carboxylic acids is 1. The molecule has 1 N–H and O–H groups in total. The maximum absolute atomic E-state index is 13.9. The number of rotatable bonds is 6. The molecular weight excluding hydrogens is 271 g/mol. The zero-order chi connectivity index (χ0) is 15.2. The Morgan fingerprint density at radius 2 is 1.95 bits per heavy atom. The van der Waals surface area contributed by atoms with Crippen molar-refractivity contribution < 1.29 is 14.3 Å². The lowest BCUT2D eigenvalue weighted by atomic mass is 10.1. The summed E-state index contributed by atoms with van der Waals surface area (Å²) in [5, 5.41) is 8.84. The quantitative estimate of drug-likeness (QED) is 0.888. The molecule has 0 amide bonds. The molecule has 110 valence electrons. The molecule has 0 spiro atoms. The SMILES string of the molecule is CCN(Cc1ccncc1)Cc1ccc(C(=O)O)cc1F. The highest BCUT2D eigenvalue weighted by molar-refractivity contribution is 5.87. The van der Waals surface area contributed by atoms with E-state index in [1.54, 1.807) is 12.4 Å². The summed E-state index contributed by atoms with van der Waals surface area (Å²) in [7, 11) is 0. The van der Waals surface area contributed by atoms with E-state index in [4.69, 9.17) is 5.11 Å². The van der Waals surface area contributed by atoms with E-state index in [-0.39, 0.29) is 5.56 Å². The predicted octanol–water partition coefficient (Wildman–Crippen LogP) is 2.94. The Morgan fingerprint density at radius 3 is 2.52 bits per heavy atom. The molecule has 0 saturated heterocycles. The normalized spacial score (nSPS) is 10.8. The number of carbonyl (C=O) groups is 1. The van der Waals surface area contributed by atoms with Crippen LogP contribution in [-0.2, 0) is 13.1 Å². The van der Waals surface area contributed by atoms with Crippen LogP contribution >= 0.6 is 0 Å². The lowest BCUT2D eigenvalue weighted by molar-refractivity contribution is 0.0696. The number of nitrogens with zero attached hydrogens (tertiary/aromatic N) is 2. The van der Waals surface area contributed by atoms with Crippen molar-refractivity contribution in [3.8, 4) is 0 Å². The van der Waals surface area contributed by atoms with Crippen molar-refractivity contribution in [1.29, 1.82) is 0 Å². The lowest BCUT2D eigenvalue weighted by Crippen LogP contribution is -2.23. The van der Waals surface area contributed by atoms with E-state index in [2.05, 4.69) is 9.88 Å². The fourth-order valence-electron chi connectivity index (χ4n) is 2.08. The molecule has 0 fully saturated rings. The minimum Gasteiger partial charge on any atom is -0.478 e. The molecule has 1 aromatic carbocycles. The number of carboxylic acids is 1. The molecule has 0 radical (unpaired) electrons. The summed E-state index contributed by atoms with van der Waals surface area (Å²) >= 11 is 0. The van der Waals surface area contributed by atoms with Crippen LogP contribution in [0.1, 0.15) is 28.4 Å². The maximum Gasteiger partial charge on any atom is 0.335 e. The third-order valence-electron chi connectivity index (χ3n) is 3.30. The molecular formula is C16H17FN2O2. The standard InChI is InChI=1S/C16H17FN2O2/c1-2-19(10-12-5-7-18-8-6-12)11-14-4-3-13(16(20)21)9-15(14)17/h3-9H,2,10-11H2,1H3,(H,20,21). The molecule has 0 bridgehead atoms. The van der Waals surface area contributed by atoms with Crippen molar-refractivity contribution in [3.63, 3.8) is 0 Å². The van der Waals surface area contributed by atoms with Gasteiger partial charge in [0.25, 0.3) is 0 Å². The first kappa shape index (κ1) is 15.1. The molecule has 2 aromatic rings. The smallest absolute Gasteiger partial charge is 0.335 e. The summed E-state index contributed by atoms with van der Waals surface area (Å²) in [5.41, 5.74) is 1.57. The third-order valence-corrected chi connectivity index (χ3v) is 3.30. The highest BCUT2D eigenvalue weighted by atomic mass is 19.1. The second-order valence-corrected chi connectivity index (χ2v) is 4.77. The van der Waals surface area contributed by atoms with Crippen LogP contribution < -0.4 is 0 Å². The van der Waals surface area contributed by atoms with Crippen LogP contribution in [0.5, 0.6) is 0 Å². The Balaban J connectivity index is 2.10. The molecule has 2 rings (SSSR count). The van der Waals surface area contributed by atoms with Crippen molar-refractivity contribution in [2.24, 2.45) is 0 Å². The molecule has 0 aliphatic rings. The Bertz CT molecular complexity index is 617. The Hall–Kier alpha value is -2.27. The molecule has 0 saturated carbocycles. The molecule has 0 aliphatic heterocycles. The van der Waals surface area contributed by atoms with Gasteiger partial charge in [-0.15, -0.1) is 0 Å². The molecule has 1 heterocycles. The summed E-state index contributed by atoms with van der Waals surface area (Å²) < 4.78 is 13.9. The second kappa shape index (κ2) is 6.95. The van der Waals surface area contributed by atoms with Crippen LogP contribution in [0.4, 0.5) is 4.39 Å². The average molecular weight is 288 g/mol. The number of aromatic nitrogens is 1. The Morgan fingerprint density at radius 1 is 1.24 bits per heavy atom. The number of carboxylic acid groups (broad SMARTS) is 1. The van der Waals surface area contributed by atoms with Crippen molar-refractivity contribution >= 4 is 5.97 Å². The van der Waals surface area contributed by atoms with Crippen LogP contribution in [0.3, 0.4) is 0 Å². The Labute approximate surface area is 122 Å². The van der Waals surface area contributed by atoms with Gasteiger partial charge in [-0.1, -0.05) is 13.0 Å². The average Bonchev–Trinajstić information content (AvgIpc) is 2.49. The van der Waals surface area contributed by atoms with E-state index in [1.807, 2.05) is 19.1 Å². The van der Waals surface area contributed by atoms with E-state index in [0.717, 1.165) is 18.2 Å². The van der Waals surface area contributed by atoms with Crippen molar-refractivity contribution in [3.05, 3.63) is 65.2 Å². The fraction of sp³-hybridized carbons (Fsp3) is 0.250. The van der Waals surface area contributed by atoms with Gasteiger partial charge < -0.3 is 5.11 Å². The van der Waals surface area contributed by atoms with Crippen LogP contribution in [0.2, 0.25) is 0 Å². The minimum absolute atomic E-state index is 0.0339. The van der Waals surface area contributed by atoms with Crippen LogP contribution in [0.15, 0.2) is 42.7 Å². The zero-order valence-electron chi connectivity index (χ0n) is 11.8. The molecule has 0 aliphatic carbocycles. The van der Waals surface area contributed by atoms with Gasteiger partial charge in [0.1, 0.15) is 5.82 Å². The van der Waals surface area contributed by atoms with E-state index in [0.29, 0.717) is 18.7 Å². The van der Waals surface area contributed by atoms with Crippen molar-refractivity contribution in [1.82, 2.24) is 9.88 Å². The van der Waals surface area contributed by atoms with Crippen molar-refractivity contribution in [2.75, 3.05) is 6.54 Å². The zero-order valence-corrected chi connectivity index (χ0v) is 11.8. The molecule has 4 nitrogen and oxygen atoms in total. The summed E-state index contributed by atoms with van der Waals surface area (Å²) in [5.74, 6) is -1.60. The topological polar surface area (TPSA) is 53.4 Å². The van der Waals surface area contributed by atoms with Gasteiger partial charge in [0.15, 0.2) is 0 Å². The first-order valence-corrected chi connectivity index (χ1v) is 6.73. The van der Waals surface area contributed by atoms with Gasteiger partial charge in [0.2, 0.25) is 0 Å². The molecule has 1 aromatic heterocycles. The lowest BCUT2D eigenvalue weighted by Gasteiger charge is -2.21.